The Hall–Kier alpha value is -3.29. The number of pyridine rings is 1. The average molecular weight is 455 g/mol. The number of aromatic nitrogens is 3. The summed E-state index contributed by atoms with van der Waals surface area (Å²) in [4.78, 5) is 17.8. The van der Waals surface area contributed by atoms with Crippen LogP contribution in [0.4, 0.5) is 17.6 Å². The molecule has 2 aliphatic rings. The molecule has 5 rings (SSSR count). The van der Waals surface area contributed by atoms with E-state index in [0.717, 1.165) is 41.6 Å². The fourth-order valence-corrected chi connectivity index (χ4v) is 5.12. The van der Waals surface area contributed by atoms with Crippen molar-refractivity contribution in [1.29, 1.82) is 0 Å². The molecule has 0 N–H and O–H groups in total. The van der Waals surface area contributed by atoms with Crippen LogP contribution < -0.4 is 0 Å². The number of fused-ring (bicyclic) bond motifs is 2. The van der Waals surface area contributed by atoms with Gasteiger partial charge in [-0.3, -0.25) is 9.78 Å². The van der Waals surface area contributed by atoms with Gasteiger partial charge in [0.2, 0.25) is 0 Å². The lowest BCUT2D eigenvalue weighted by Crippen LogP contribution is -2.42. The van der Waals surface area contributed by atoms with Gasteiger partial charge < -0.3 is 0 Å². The van der Waals surface area contributed by atoms with Crippen molar-refractivity contribution in [3.8, 4) is 5.69 Å². The van der Waals surface area contributed by atoms with E-state index in [4.69, 9.17) is 0 Å². The molecule has 2 atom stereocenters. The van der Waals surface area contributed by atoms with Gasteiger partial charge in [-0.15, -0.1) is 0 Å². The summed E-state index contributed by atoms with van der Waals surface area (Å²) in [6.45, 7) is 2.06. The zero-order valence-corrected chi connectivity index (χ0v) is 17.9. The molecule has 4 nitrogen and oxygen atoms in total. The first kappa shape index (κ1) is 21.6. The maximum atomic E-state index is 13.8. The van der Waals surface area contributed by atoms with Crippen LogP contribution in [0.3, 0.4) is 0 Å². The van der Waals surface area contributed by atoms with E-state index in [2.05, 4.69) is 17.0 Å². The minimum absolute atomic E-state index is 0.167. The quantitative estimate of drug-likeness (QED) is 0.357. The summed E-state index contributed by atoms with van der Waals surface area (Å²) in [6, 6.07) is 7.70. The van der Waals surface area contributed by atoms with Gasteiger partial charge in [0.25, 0.3) is 0 Å². The predicted octanol–water partition coefficient (Wildman–Crippen LogP) is 6.05. The van der Waals surface area contributed by atoms with Crippen LogP contribution in [0.2, 0.25) is 0 Å². The molecule has 0 bridgehead atoms. The molecule has 170 valence electrons. The second-order valence-electron chi connectivity index (χ2n) is 8.98. The Morgan fingerprint density at radius 1 is 1.18 bits per heavy atom. The molecule has 1 saturated carbocycles. The zero-order chi connectivity index (χ0) is 23.4. The number of benzene rings is 1. The lowest BCUT2D eigenvalue weighted by atomic mass is 9.59. The summed E-state index contributed by atoms with van der Waals surface area (Å²) in [7, 11) is 0. The van der Waals surface area contributed by atoms with E-state index >= 15 is 0 Å². The molecule has 2 aromatic heterocycles. The van der Waals surface area contributed by atoms with Crippen molar-refractivity contribution in [2.75, 3.05) is 0 Å². The molecular formula is C25H21F4N3O. The number of Topliss-reactive ketones (excluding diaryl/α,β-unsaturated/α-hetero) is 1. The van der Waals surface area contributed by atoms with Crippen LogP contribution in [-0.2, 0) is 12.6 Å². The molecule has 0 unspecified atom stereocenters. The summed E-state index contributed by atoms with van der Waals surface area (Å²) >= 11 is 0. The van der Waals surface area contributed by atoms with E-state index in [1.165, 1.54) is 12.1 Å². The largest absolute Gasteiger partial charge is 0.416 e. The van der Waals surface area contributed by atoms with Crippen LogP contribution >= 0.6 is 0 Å². The number of rotatable bonds is 3. The van der Waals surface area contributed by atoms with Gasteiger partial charge in [-0.25, -0.2) is 9.07 Å². The Labute approximate surface area is 188 Å². The average Bonchev–Trinajstić information content (AvgIpc) is 3.19. The summed E-state index contributed by atoms with van der Waals surface area (Å²) < 4.78 is 54.9. The van der Waals surface area contributed by atoms with E-state index < -0.39 is 17.2 Å². The van der Waals surface area contributed by atoms with Gasteiger partial charge in [-0.05, 0) is 79.6 Å². The van der Waals surface area contributed by atoms with Crippen LogP contribution in [0, 0.1) is 17.2 Å². The Morgan fingerprint density at radius 3 is 2.67 bits per heavy atom. The van der Waals surface area contributed by atoms with Crippen molar-refractivity contribution < 1.29 is 22.4 Å². The molecule has 0 aliphatic heterocycles. The number of carbonyl (C=O) groups excluding carboxylic acids is 1. The summed E-state index contributed by atoms with van der Waals surface area (Å²) in [5, 5.41) is 4.46. The van der Waals surface area contributed by atoms with Crippen molar-refractivity contribution in [3.63, 3.8) is 0 Å². The standard InChI is InChI=1S/C25H21F4N3O/c1-15-2-3-17-11-22-16(14-31-32(22)20-6-4-19(26)5-7-20)13-24(17,12-15)23(33)21-10-18(8-9-30-21)25(27,28)29/h4-11,14-15H,2-3,12-13H2,1H3/t15-,24+/m0/s1. The van der Waals surface area contributed by atoms with Crippen LogP contribution in [0.15, 0.2) is 54.4 Å². The highest BCUT2D eigenvalue weighted by Crippen LogP contribution is 2.51. The first-order valence-electron chi connectivity index (χ1n) is 10.8. The molecule has 1 aromatic carbocycles. The summed E-state index contributed by atoms with van der Waals surface area (Å²) in [5.41, 5.74) is 1.23. The van der Waals surface area contributed by atoms with Gasteiger partial charge in [0.05, 0.1) is 28.6 Å². The molecule has 1 fully saturated rings. The minimum Gasteiger partial charge on any atom is -0.291 e. The molecule has 8 heteroatoms. The molecule has 0 radical (unpaired) electrons. The van der Waals surface area contributed by atoms with E-state index in [1.54, 1.807) is 23.0 Å². The van der Waals surface area contributed by atoms with Gasteiger partial charge in [0, 0.05) is 6.20 Å². The Morgan fingerprint density at radius 2 is 1.94 bits per heavy atom. The molecule has 3 aromatic rings. The Bertz CT molecular complexity index is 1260. The molecule has 0 saturated heterocycles. The van der Waals surface area contributed by atoms with Gasteiger partial charge >= 0.3 is 6.18 Å². The Kier molecular flexibility index (Phi) is 4.99. The van der Waals surface area contributed by atoms with Crippen LogP contribution in [-0.4, -0.2) is 20.5 Å². The molecule has 2 aliphatic carbocycles. The molecule has 2 heterocycles. The second kappa shape index (κ2) is 7.64. The summed E-state index contributed by atoms with van der Waals surface area (Å²) in [6.07, 6.45) is 2.55. The van der Waals surface area contributed by atoms with Gasteiger partial charge in [-0.1, -0.05) is 12.5 Å². The SMILES string of the molecule is C[C@H]1CCC2=Cc3c(cnn3-c3ccc(F)cc3)C[C@]2(C(=O)c2cc(C(F)(F)F)ccn2)C1. The number of ketones is 1. The minimum atomic E-state index is -4.55. The van der Waals surface area contributed by atoms with Crippen LogP contribution in [0.5, 0.6) is 0 Å². The van der Waals surface area contributed by atoms with Crippen molar-refractivity contribution in [3.05, 3.63) is 82.7 Å². The third kappa shape index (κ3) is 3.67. The lowest BCUT2D eigenvalue weighted by molar-refractivity contribution is -0.137. The van der Waals surface area contributed by atoms with E-state index in [1.807, 2.05) is 6.08 Å². The number of hydrogen-bond donors (Lipinski definition) is 0. The molecule has 0 spiro atoms. The molecular weight excluding hydrogens is 434 g/mol. The third-order valence-corrected chi connectivity index (χ3v) is 6.73. The normalized spacial score (nSPS) is 22.3. The first-order chi connectivity index (χ1) is 15.7. The van der Waals surface area contributed by atoms with E-state index in [9.17, 15) is 22.4 Å². The number of alkyl halides is 3. The van der Waals surface area contributed by atoms with Gasteiger partial charge in [0.1, 0.15) is 11.5 Å². The first-order valence-corrected chi connectivity index (χ1v) is 10.8. The van der Waals surface area contributed by atoms with Crippen molar-refractivity contribution in [2.24, 2.45) is 11.3 Å². The highest BCUT2D eigenvalue weighted by Gasteiger charge is 2.49. The van der Waals surface area contributed by atoms with Crippen molar-refractivity contribution >= 4 is 11.9 Å². The maximum absolute atomic E-state index is 13.8. The number of hydrogen-bond acceptors (Lipinski definition) is 3. The Balaban J connectivity index is 1.59. The second-order valence-corrected chi connectivity index (χ2v) is 8.98. The fraction of sp³-hybridized carbons (Fsp3) is 0.320. The topological polar surface area (TPSA) is 47.8 Å². The predicted molar refractivity (Wildman–Crippen MR) is 114 cm³/mol. The van der Waals surface area contributed by atoms with Crippen LogP contribution in [0.1, 0.15) is 53.5 Å². The highest BCUT2D eigenvalue weighted by molar-refractivity contribution is 6.02. The number of allylic oxidation sites excluding steroid dienone is 1. The number of nitrogens with zero attached hydrogens (tertiary/aromatic N) is 3. The molecule has 33 heavy (non-hydrogen) atoms. The van der Waals surface area contributed by atoms with E-state index in [-0.39, 0.29) is 23.2 Å². The molecule has 0 amide bonds. The van der Waals surface area contributed by atoms with Gasteiger partial charge in [0.15, 0.2) is 5.78 Å². The third-order valence-electron chi connectivity index (χ3n) is 6.73. The van der Waals surface area contributed by atoms with Crippen LogP contribution in [0.25, 0.3) is 11.8 Å². The zero-order valence-electron chi connectivity index (χ0n) is 17.9. The number of halogens is 4. The van der Waals surface area contributed by atoms with Gasteiger partial charge in [-0.2, -0.15) is 18.3 Å². The smallest absolute Gasteiger partial charge is 0.291 e. The fourth-order valence-electron chi connectivity index (χ4n) is 5.12. The number of carbonyl (C=O) groups is 1. The van der Waals surface area contributed by atoms with Crippen molar-refractivity contribution in [1.82, 2.24) is 14.8 Å². The van der Waals surface area contributed by atoms with E-state index in [0.29, 0.717) is 24.9 Å². The lowest BCUT2D eigenvalue weighted by Gasteiger charge is -2.43. The highest BCUT2D eigenvalue weighted by atomic mass is 19.4. The van der Waals surface area contributed by atoms with Crippen molar-refractivity contribution in [2.45, 2.75) is 38.8 Å². The maximum Gasteiger partial charge on any atom is 0.416 e. The summed E-state index contributed by atoms with van der Waals surface area (Å²) in [5.74, 6) is -0.491. The monoisotopic (exact) mass is 455 g/mol.